The molecule has 0 fully saturated rings. The van der Waals surface area contributed by atoms with Gasteiger partial charge in [-0.2, -0.15) is 0 Å². The van der Waals surface area contributed by atoms with Crippen molar-refractivity contribution >= 4 is 11.8 Å². The van der Waals surface area contributed by atoms with E-state index in [1.807, 2.05) is 11.8 Å². The first-order chi connectivity index (χ1) is 13.3. The molecule has 0 nitrogen and oxygen atoms in total. The molecule has 0 saturated carbocycles. The van der Waals surface area contributed by atoms with Crippen molar-refractivity contribution in [3.63, 3.8) is 0 Å². The predicted octanol–water partition coefficient (Wildman–Crippen LogP) is 7.87. The summed E-state index contributed by atoms with van der Waals surface area (Å²) in [5.74, 6) is 0. The molecular weight excluding hydrogens is 344 g/mol. The molecule has 132 valence electrons. The van der Waals surface area contributed by atoms with E-state index in [9.17, 15) is 0 Å². The summed E-state index contributed by atoms with van der Waals surface area (Å²) >= 11 is 1.91. The van der Waals surface area contributed by atoms with Crippen molar-refractivity contribution in [2.45, 2.75) is 17.1 Å². The number of rotatable bonds is 5. The minimum Gasteiger partial charge on any atom is -0.118 e. The Morgan fingerprint density at radius 1 is 0.556 bits per heavy atom. The Labute approximate surface area is 165 Å². The highest BCUT2D eigenvalue weighted by molar-refractivity contribution is 7.99. The van der Waals surface area contributed by atoms with E-state index in [4.69, 9.17) is 0 Å². The minimum atomic E-state index is 0.353. The topological polar surface area (TPSA) is 0 Å². The lowest BCUT2D eigenvalue weighted by Crippen LogP contribution is -1.95. The lowest BCUT2D eigenvalue weighted by Gasteiger charge is -2.18. The van der Waals surface area contributed by atoms with Gasteiger partial charge in [0, 0.05) is 10.1 Å². The number of hydrogen-bond donors (Lipinski definition) is 0. The largest absolute Gasteiger partial charge is 0.118 e. The molecule has 0 bridgehead atoms. The van der Waals surface area contributed by atoms with E-state index in [2.05, 4.69) is 116 Å². The van der Waals surface area contributed by atoms with Gasteiger partial charge in [-0.05, 0) is 52.9 Å². The SMILES string of the molecule is CC(Sc1ccccc1)c1cc(-c2ccccc2)ccc1-c1ccccc1. The smallest absolute Gasteiger partial charge is 0.0322 e. The van der Waals surface area contributed by atoms with Crippen LogP contribution in [0, 0.1) is 0 Å². The maximum absolute atomic E-state index is 2.36. The number of hydrogen-bond acceptors (Lipinski definition) is 1. The van der Waals surface area contributed by atoms with Gasteiger partial charge in [0.05, 0.1) is 0 Å². The zero-order valence-corrected chi connectivity index (χ0v) is 16.2. The maximum atomic E-state index is 2.36. The molecular formula is C26H22S. The molecule has 0 N–H and O–H groups in total. The van der Waals surface area contributed by atoms with Crippen LogP contribution in [-0.4, -0.2) is 0 Å². The van der Waals surface area contributed by atoms with Crippen LogP contribution in [0.15, 0.2) is 114 Å². The van der Waals surface area contributed by atoms with Gasteiger partial charge in [-0.3, -0.25) is 0 Å². The monoisotopic (exact) mass is 366 g/mol. The van der Waals surface area contributed by atoms with Crippen molar-refractivity contribution in [1.82, 2.24) is 0 Å². The molecule has 1 atom stereocenters. The van der Waals surface area contributed by atoms with Crippen LogP contribution in [-0.2, 0) is 0 Å². The number of thioether (sulfide) groups is 1. The lowest BCUT2D eigenvalue weighted by atomic mass is 9.93. The van der Waals surface area contributed by atoms with E-state index in [0.717, 1.165) is 0 Å². The Morgan fingerprint density at radius 2 is 1.11 bits per heavy atom. The summed E-state index contributed by atoms with van der Waals surface area (Å²) < 4.78 is 0. The summed E-state index contributed by atoms with van der Waals surface area (Å²) in [7, 11) is 0. The zero-order chi connectivity index (χ0) is 18.5. The van der Waals surface area contributed by atoms with Crippen LogP contribution in [0.5, 0.6) is 0 Å². The third-order valence-electron chi connectivity index (χ3n) is 4.74. The quantitative estimate of drug-likeness (QED) is 0.324. The summed E-state index contributed by atoms with van der Waals surface area (Å²) in [5.41, 5.74) is 6.48. The molecule has 0 heterocycles. The zero-order valence-electron chi connectivity index (χ0n) is 15.4. The second-order valence-electron chi connectivity index (χ2n) is 6.61. The van der Waals surface area contributed by atoms with Crippen LogP contribution in [0.1, 0.15) is 17.7 Å². The van der Waals surface area contributed by atoms with Crippen molar-refractivity contribution < 1.29 is 0 Å². The van der Waals surface area contributed by atoms with Crippen LogP contribution in [0.4, 0.5) is 0 Å². The molecule has 0 aliphatic carbocycles. The second-order valence-corrected chi connectivity index (χ2v) is 8.02. The number of benzene rings is 4. The van der Waals surface area contributed by atoms with Crippen LogP contribution in [0.2, 0.25) is 0 Å². The fourth-order valence-electron chi connectivity index (χ4n) is 3.36. The highest BCUT2D eigenvalue weighted by Crippen LogP contribution is 2.41. The summed E-state index contributed by atoms with van der Waals surface area (Å²) in [6.45, 7) is 2.30. The Bertz CT molecular complexity index is 992. The van der Waals surface area contributed by atoms with E-state index in [0.29, 0.717) is 5.25 Å². The van der Waals surface area contributed by atoms with Gasteiger partial charge in [0.15, 0.2) is 0 Å². The van der Waals surface area contributed by atoms with Crippen molar-refractivity contribution in [1.29, 1.82) is 0 Å². The van der Waals surface area contributed by atoms with E-state index >= 15 is 0 Å². The van der Waals surface area contributed by atoms with E-state index in [1.54, 1.807) is 0 Å². The normalized spacial score (nSPS) is 11.9. The van der Waals surface area contributed by atoms with Gasteiger partial charge in [0.1, 0.15) is 0 Å². The molecule has 0 aliphatic heterocycles. The highest BCUT2D eigenvalue weighted by Gasteiger charge is 2.15. The molecule has 27 heavy (non-hydrogen) atoms. The van der Waals surface area contributed by atoms with Gasteiger partial charge in [0.2, 0.25) is 0 Å². The van der Waals surface area contributed by atoms with Gasteiger partial charge in [-0.25, -0.2) is 0 Å². The van der Waals surface area contributed by atoms with Crippen molar-refractivity contribution in [3.8, 4) is 22.3 Å². The molecule has 0 radical (unpaired) electrons. The summed E-state index contributed by atoms with van der Waals surface area (Å²) in [4.78, 5) is 1.30. The Balaban J connectivity index is 1.77. The lowest BCUT2D eigenvalue weighted by molar-refractivity contribution is 1.10. The first-order valence-electron chi connectivity index (χ1n) is 9.28. The van der Waals surface area contributed by atoms with Crippen LogP contribution in [0.3, 0.4) is 0 Å². The average Bonchev–Trinajstić information content (AvgIpc) is 2.75. The van der Waals surface area contributed by atoms with Gasteiger partial charge in [-0.15, -0.1) is 11.8 Å². The molecule has 0 amide bonds. The molecule has 0 saturated heterocycles. The predicted molar refractivity (Wildman–Crippen MR) is 118 cm³/mol. The van der Waals surface area contributed by atoms with Crippen molar-refractivity contribution in [2.75, 3.05) is 0 Å². The van der Waals surface area contributed by atoms with E-state index in [-0.39, 0.29) is 0 Å². The fraction of sp³-hybridized carbons (Fsp3) is 0.0769. The van der Waals surface area contributed by atoms with Crippen molar-refractivity contribution in [2.24, 2.45) is 0 Å². The van der Waals surface area contributed by atoms with Gasteiger partial charge < -0.3 is 0 Å². The van der Waals surface area contributed by atoms with Gasteiger partial charge in [-0.1, -0.05) is 91.0 Å². The molecule has 4 aromatic carbocycles. The third kappa shape index (κ3) is 4.15. The molecule has 4 aromatic rings. The van der Waals surface area contributed by atoms with Crippen LogP contribution in [0.25, 0.3) is 22.3 Å². The fourth-order valence-corrected chi connectivity index (χ4v) is 4.40. The molecule has 0 spiro atoms. The Hall–Kier alpha value is -2.77. The van der Waals surface area contributed by atoms with Crippen molar-refractivity contribution in [3.05, 3.63) is 115 Å². The van der Waals surface area contributed by atoms with Crippen LogP contribution < -0.4 is 0 Å². The minimum absolute atomic E-state index is 0.353. The van der Waals surface area contributed by atoms with Gasteiger partial charge in [0.25, 0.3) is 0 Å². The first-order valence-corrected chi connectivity index (χ1v) is 10.2. The van der Waals surface area contributed by atoms with Crippen LogP contribution >= 0.6 is 11.8 Å². The molecule has 1 unspecified atom stereocenters. The molecule has 0 aliphatic rings. The summed E-state index contributed by atoms with van der Waals surface area (Å²) in [5, 5.41) is 0.353. The Morgan fingerprint density at radius 3 is 1.74 bits per heavy atom. The van der Waals surface area contributed by atoms with Gasteiger partial charge >= 0.3 is 0 Å². The first kappa shape index (κ1) is 17.6. The Kier molecular flexibility index (Phi) is 5.41. The maximum Gasteiger partial charge on any atom is 0.0322 e. The second kappa shape index (κ2) is 8.28. The average molecular weight is 367 g/mol. The summed E-state index contributed by atoms with van der Waals surface area (Å²) in [6, 6.07) is 38.8. The standard InChI is InChI=1S/C26H22S/c1-20(27-24-15-9-4-10-16-24)26-19-23(21-11-5-2-6-12-21)17-18-25(26)22-13-7-3-8-14-22/h2-20H,1H3. The third-order valence-corrected chi connectivity index (χ3v) is 5.89. The molecule has 0 aromatic heterocycles. The molecule has 4 rings (SSSR count). The van der Waals surface area contributed by atoms with E-state index < -0.39 is 0 Å². The molecule has 1 heteroatoms. The van der Waals surface area contributed by atoms with E-state index in [1.165, 1.54) is 32.7 Å². The highest BCUT2D eigenvalue weighted by atomic mass is 32.2. The summed E-state index contributed by atoms with van der Waals surface area (Å²) in [6.07, 6.45) is 0.